The summed E-state index contributed by atoms with van der Waals surface area (Å²) < 4.78 is 20.1. The average molecular weight is 440 g/mol. The molecule has 3 atom stereocenters. The number of halogens is 1. The monoisotopic (exact) mass is 439 g/mol. The Labute approximate surface area is 195 Å². The molecule has 0 saturated heterocycles. The summed E-state index contributed by atoms with van der Waals surface area (Å²) >= 11 is 0. The second kappa shape index (κ2) is 9.76. The summed E-state index contributed by atoms with van der Waals surface area (Å²) in [5, 5.41) is 5.50. The van der Waals surface area contributed by atoms with Crippen LogP contribution in [0, 0.1) is 5.82 Å². The zero-order chi connectivity index (χ0) is 22.6. The van der Waals surface area contributed by atoms with Crippen molar-refractivity contribution in [2.45, 2.75) is 50.8 Å². The predicted octanol–water partition coefficient (Wildman–Crippen LogP) is 7.54. The van der Waals surface area contributed by atoms with E-state index in [1.165, 1.54) is 17.5 Å². The maximum atomic E-state index is 14.2. The Kier molecular flexibility index (Phi) is 6.41. The van der Waals surface area contributed by atoms with Gasteiger partial charge in [-0.1, -0.05) is 72.8 Å². The van der Waals surface area contributed by atoms with Crippen LogP contribution in [0.4, 0.5) is 4.39 Å². The van der Waals surface area contributed by atoms with Crippen LogP contribution in [0.3, 0.4) is 0 Å². The Morgan fingerprint density at radius 3 is 2.36 bits per heavy atom. The van der Waals surface area contributed by atoms with Gasteiger partial charge in [-0.25, -0.2) is 4.39 Å². The summed E-state index contributed by atoms with van der Waals surface area (Å²) in [6, 6.07) is 30.8. The molecule has 0 aromatic heterocycles. The van der Waals surface area contributed by atoms with Crippen LogP contribution >= 0.6 is 0 Å². The van der Waals surface area contributed by atoms with Crippen molar-refractivity contribution in [1.29, 1.82) is 0 Å². The van der Waals surface area contributed by atoms with Gasteiger partial charge in [0.25, 0.3) is 0 Å². The first kappa shape index (κ1) is 21.7. The second-order valence-corrected chi connectivity index (χ2v) is 9.12. The zero-order valence-electron chi connectivity index (χ0n) is 19.0. The van der Waals surface area contributed by atoms with E-state index in [0.717, 1.165) is 29.5 Å². The van der Waals surface area contributed by atoms with Crippen LogP contribution in [-0.4, -0.2) is 6.04 Å². The third-order valence-corrected chi connectivity index (χ3v) is 6.89. The van der Waals surface area contributed by atoms with E-state index < -0.39 is 0 Å². The fourth-order valence-electron chi connectivity index (χ4n) is 5.12. The van der Waals surface area contributed by atoms with Crippen molar-refractivity contribution in [3.8, 4) is 5.75 Å². The Morgan fingerprint density at radius 1 is 0.848 bits per heavy atom. The number of ether oxygens (including phenoxy) is 1. The molecule has 0 aliphatic heterocycles. The van der Waals surface area contributed by atoms with Gasteiger partial charge in [0.05, 0.1) is 0 Å². The molecular weight excluding hydrogens is 409 g/mol. The molecule has 168 valence electrons. The van der Waals surface area contributed by atoms with Gasteiger partial charge in [-0.05, 0) is 72.4 Å². The number of nitrogens with one attached hydrogen (secondary N) is 1. The Balaban J connectivity index is 1.19. The molecule has 1 unspecified atom stereocenters. The first-order valence-electron chi connectivity index (χ1n) is 11.9. The lowest BCUT2D eigenvalue weighted by atomic mass is 9.96. The number of rotatable bonds is 7. The van der Waals surface area contributed by atoms with Gasteiger partial charge in [-0.15, -0.1) is 0 Å². The van der Waals surface area contributed by atoms with E-state index in [9.17, 15) is 4.39 Å². The van der Waals surface area contributed by atoms with Crippen LogP contribution in [0.2, 0.25) is 0 Å². The fourth-order valence-corrected chi connectivity index (χ4v) is 5.12. The Morgan fingerprint density at radius 2 is 1.58 bits per heavy atom. The lowest BCUT2D eigenvalue weighted by molar-refractivity contribution is 0.306. The lowest BCUT2D eigenvalue weighted by Crippen LogP contribution is -2.29. The van der Waals surface area contributed by atoms with Crippen LogP contribution < -0.4 is 10.1 Å². The molecule has 1 saturated carbocycles. The summed E-state index contributed by atoms with van der Waals surface area (Å²) in [5.74, 6) is 1.31. The third-order valence-electron chi connectivity index (χ3n) is 6.89. The molecule has 33 heavy (non-hydrogen) atoms. The maximum Gasteiger partial charge on any atom is 0.131 e. The number of benzene rings is 4. The minimum atomic E-state index is -0.154. The lowest BCUT2D eigenvalue weighted by Gasteiger charge is -2.22. The van der Waals surface area contributed by atoms with Gasteiger partial charge in [0.1, 0.15) is 18.2 Å². The van der Waals surface area contributed by atoms with Gasteiger partial charge in [0.2, 0.25) is 0 Å². The number of hydrogen-bond donors (Lipinski definition) is 1. The normalized spacial score (nSPS) is 19.0. The molecule has 0 heterocycles. The molecule has 3 heteroatoms. The van der Waals surface area contributed by atoms with Gasteiger partial charge in [-0.3, -0.25) is 0 Å². The summed E-state index contributed by atoms with van der Waals surface area (Å²) in [7, 11) is 0. The van der Waals surface area contributed by atoms with Crippen LogP contribution in [0.25, 0.3) is 10.8 Å². The average Bonchev–Trinajstić information content (AvgIpc) is 3.32. The van der Waals surface area contributed by atoms with E-state index in [2.05, 4.69) is 48.6 Å². The first-order valence-corrected chi connectivity index (χ1v) is 11.9. The van der Waals surface area contributed by atoms with E-state index in [1.54, 1.807) is 6.07 Å². The number of fused-ring (bicyclic) bond motifs is 1. The van der Waals surface area contributed by atoms with Crippen molar-refractivity contribution in [1.82, 2.24) is 5.32 Å². The zero-order valence-corrected chi connectivity index (χ0v) is 19.0. The molecule has 1 N–H and O–H groups in total. The van der Waals surface area contributed by atoms with E-state index in [4.69, 9.17) is 4.74 Å². The van der Waals surface area contributed by atoms with E-state index in [0.29, 0.717) is 24.0 Å². The van der Waals surface area contributed by atoms with E-state index in [1.807, 2.05) is 48.5 Å². The summed E-state index contributed by atoms with van der Waals surface area (Å²) in [6.07, 6.45) is 3.45. The molecule has 2 nitrogen and oxygen atoms in total. The van der Waals surface area contributed by atoms with Crippen molar-refractivity contribution >= 4 is 10.8 Å². The first-order chi connectivity index (χ1) is 16.2. The highest BCUT2D eigenvalue weighted by molar-refractivity contribution is 5.86. The highest BCUT2D eigenvalue weighted by Crippen LogP contribution is 2.37. The number of hydrogen-bond acceptors (Lipinski definition) is 2. The topological polar surface area (TPSA) is 21.3 Å². The second-order valence-electron chi connectivity index (χ2n) is 9.12. The van der Waals surface area contributed by atoms with Gasteiger partial charge < -0.3 is 10.1 Å². The predicted molar refractivity (Wildman–Crippen MR) is 133 cm³/mol. The van der Waals surface area contributed by atoms with Crippen molar-refractivity contribution in [2.24, 2.45) is 0 Å². The summed E-state index contributed by atoms with van der Waals surface area (Å²) in [4.78, 5) is 0. The molecule has 1 fully saturated rings. The van der Waals surface area contributed by atoms with Gasteiger partial charge >= 0.3 is 0 Å². The van der Waals surface area contributed by atoms with Gasteiger partial charge in [0.15, 0.2) is 0 Å². The standard InChI is InChI=1S/C30H30FNO/c1-21(27-17-18-30(31)29-10-6-5-9-28(27)29)32-25-14-11-24(19-25)23-12-15-26(16-13-23)33-20-22-7-3-2-4-8-22/h2-10,12-13,15-18,21,24-25,32H,11,14,19-20H2,1H3/t21-,24+,25?/m1/s1. The van der Waals surface area contributed by atoms with Gasteiger partial charge in [0, 0.05) is 17.5 Å². The quantitative estimate of drug-likeness (QED) is 0.321. The molecule has 0 spiro atoms. The van der Waals surface area contributed by atoms with Crippen LogP contribution in [0.15, 0.2) is 91.0 Å². The molecule has 0 bridgehead atoms. The van der Waals surface area contributed by atoms with E-state index in [-0.39, 0.29) is 11.9 Å². The highest BCUT2D eigenvalue weighted by Gasteiger charge is 2.27. The molecule has 4 aromatic rings. The smallest absolute Gasteiger partial charge is 0.131 e. The van der Waals surface area contributed by atoms with Crippen molar-refractivity contribution < 1.29 is 9.13 Å². The molecule has 0 amide bonds. The molecule has 1 aliphatic rings. The minimum Gasteiger partial charge on any atom is -0.489 e. The van der Waals surface area contributed by atoms with Crippen molar-refractivity contribution in [3.05, 3.63) is 114 Å². The summed E-state index contributed by atoms with van der Waals surface area (Å²) in [5.41, 5.74) is 3.72. The Bertz CT molecular complexity index is 1210. The molecule has 1 aliphatic carbocycles. The highest BCUT2D eigenvalue weighted by atomic mass is 19.1. The minimum absolute atomic E-state index is 0.154. The van der Waals surface area contributed by atoms with Crippen LogP contribution in [0.5, 0.6) is 5.75 Å². The van der Waals surface area contributed by atoms with Crippen LogP contribution in [0.1, 0.15) is 54.8 Å². The SMILES string of the molecule is C[C@@H](NC1CC[C@H](c2ccc(OCc3ccccc3)cc2)C1)c1ccc(F)c2ccccc12. The summed E-state index contributed by atoms with van der Waals surface area (Å²) in [6.45, 7) is 2.78. The molecule has 5 rings (SSSR count). The van der Waals surface area contributed by atoms with Crippen molar-refractivity contribution in [2.75, 3.05) is 0 Å². The fraction of sp³-hybridized carbons (Fsp3) is 0.267. The van der Waals surface area contributed by atoms with E-state index >= 15 is 0 Å². The van der Waals surface area contributed by atoms with Crippen molar-refractivity contribution in [3.63, 3.8) is 0 Å². The molecular formula is C30H30FNO. The maximum absolute atomic E-state index is 14.2. The Hall–Kier alpha value is -3.17. The molecule has 0 radical (unpaired) electrons. The largest absolute Gasteiger partial charge is 0.489 e. The van der Waals surface area contributed by atoms with Crippen LogP contribution in [-0.2, 0) is 6.61 Å². The van der Waals surface area contributed by atoms with Gasteiger partial charge in [-0.2, -0.15) is 0 Å². The molecule has 4 aromatic carbocycles. The third kappa shape index (κ3) is 4.94.